The van der Waals surface area contributed by atoms with E-state index in [1.165, 1.54) is 6.08 Å². The Hall–Kier alpha value is -4.34. The normalized spacial score (nSPS) is 17.5. The fourth-order valence-electron chi connectivity index (χ4n) is 5.10. The number of amides is 4. The van der Waals surface area contributed by atoms with Crippen molar-refractivity contribution < 1.29 is 28.7 Å². The largest absolute Gasteiger partial charge is 0.449 e. The molecule has 1 saturated heterocycles. The molecule has 1 fully saturated rings. The van der Waals surface area contributed by atoms with E-state index in [0.29, 0.717) is 6.42 Å². The van der Waals surface area contributed by atoms with Crippen LogP contribution in [0.15, 0.2) is 61.2 Å². The van der Waals surface area contributed by atoms with Crippen molar-refractivity contribution in [3.8, 4) is 11.1 Å². The summed E-state index contributed by atoms with van der Waals surface area (Å²) in [6, 6.07) is 15.0. The van der Waals surface area contributed by atoms with Gasteiger partial charge in [-0.2, -0.15) is 0 Å². The fraction of sp³-hybridized carbons (Fsp3) is 0.379. The topological polar surface area (TPSA) is 126 Å². The van der Waals surface area contributed by atoms with Crippen LogP contribution < -0.4 is 16.0 Å². The van der Waals surface area contributed by atoms with Crippen molar-refractivity contribution in [2.24, 2.45) is 0 Å². The zero-order valence-electron chi connectivity index (χ0n) is 22.0. The number of alkyl carbamates (subject to hydrolysis) is 2. The van der Waals surface area contributed by atoms with E-state index in [2.05, 4.69) is 34.7 Å². The first kappa shape index (κ1) is 27.7. The molecule has 10 heteroatoms. The first-order valence-corrected chi connectivity index (χ1v) is 13.0. The molecule has 2 aromatic rings. The number of carbonyl (C=O) groups excluding carboxylic acids is 4. The molecule has 206 valence electrons. The van der Waals surface area contributed by atoms with Crippen LogP contribution in [0.2, 0.25) is 0 Å². The zero-order valence-corrected chi connectivity index (χ0v) is 22.0. The average Bonchev–Trinajstić information content (AvgIpc) is 3.49. The Kier molecular flexibility index (Phi) is 9.19. The van der Waals surface area contributed by atoms with Gasteiger partial charge in [0, 0.05) is 38.9 Å². The summed E-state index contributed by atoms with van der Waals surface area (Å²) in [4.78, 5) is 50.9. The van der Waals surface area contributed by atoms with Crippen LogP contribution in [-0.2, 0) is 19.1 Å². The third-order valence-electron chi connectivity index (χ3n) is 7.03. The number of nitrogens with one attached hydrogen (secondary N) is 3. The second kappa shape index (κ2) is 12.9. The van der Waals surface area contributed by atoms with E-state index in [1.54, 1.807) is 11.9 Å². The maximum Gasteiger partial charge on any atom is 0.407 e. The minimum absolute atomic E-state index is 0.0329. The number of nitrogens with zero attached hydrogens (tertiary/aromatic N) is 1. The Labute approximate surface area is 227 Å². The standard InChI is InChI=1S/C29H34N4O6/c1-3-15-38-28(36)31-24-16-33(27(35)14-8-13-26(34)30-2)17-25(24)32-29(37)39-18-23-21-11-6-4-9-19(21)20-10-5-7-12-22(20)23/h3-7,9-12,23-25H,1,8,13-18H2,2H3,(H,30,34)(H,31,36)(H,32,37)/t24-,25-/m0/s1. The third-order valence-corrected chi connectivity index (χ3v) is 7.03. The predicted octanol–water partition coefficient (Wildman–Crippen LogP) is 2.93. The van der Waals surface area contributed by atoms with Crippen molar-refractivity contribution in [3.63, 3.8) is 0 Å². The molecule has 0 aromatic heterocycles. The summed E-state index contributed by atoms with van der Waals surface area (Å²) in [7, 11) is 1.55. The van der Waals surface area contributed by atoms with E-state index in [4.69, 9.17) is 9.47 Å². The van der Waals surface area contributed by atoms with Crippen molar-refractivity contribution in [2.75, 3.05) is 33.4 Å². The molecule has 1 heterocycles. The van der Waals surface area contributed by atoms with Crippen molar-refractivity contribution in [2.45, 2.75) is 37.3 Å². The Bertz CT molecular complexity index is 1190. The number of ether oxygens (including phenoxy) is 2. The van der Waals surface area contributed by atoms with Crippen LogP contribution in [0.5, 0.6) is 0 Å². The van der Waals surface area contributed by atoms with Gasteiger partial charge in [-0.15, -0.1) is 0 Å². The van der Waals surface area contributed by atoms with E-state index in [-0.39, 0.29) is 56.9 Å². The summed E-state index contributed by atoms with van der Waals surface area (Å²) in [5.41, 5.74) is 4.47. The lowest BCUT2D eigenvalue weighted by Gasteiger charge is -2.21. The monoisotopic (exact) mass is 534 g/mol. The first-order chi connectivity index (χ1) is 18.9. The molecule has 0 spiro atoms. The molecular weight excluding hydrogens is 500 g/mol. The molecule has 0 saturated carbocycles. The number of likely N-dealkylation sites (tertiary alicyclic amines) is 1. The summed E-state index contributed by atoms with van der Waals surface area (Å²) < 4.78 is 10.7. The molecule has 4 amide bonds. The third kappa shape index (κ3) is 6.76. The lowest BCUT2D eigenvalue weighted by atomic mass is 9.98. The van der Waals surface area contributed by atoms with Crippen molar-refractivity contribution in [1.82, 2.24) is 20.9 Å². The summed E-state index contributed by atoms with van der Waals surface area (Å²) in [5, 5.41) is 8.08. The first-order valence-electron chi connectivity index (χ1n) is 13.0. The molecule has 0 bridgehead atoms. The van der Waals surface area contributed by atoms with Gasteiger partial charge in [0.05, 0.1) is 12.1 Å². The summed E-state index contributed by atoms with van der Waals surface area (Å²) in [6.07, 6.45) is 0.961. The second-order valence-electron chi connectivity index (χ2n) is 9.54. The Morgan fingerprint density at radius 1 is 0.897 bits per heavy atom. The smallest absolute Gasteiger partial charge is 0.407 e. The van der Waals surface area contributed by atoms with E-state index in [9.17, 15) is 19.2 Å². The molecule has 2 aliphatic rings. The number of fused-ring (bicyclic) bond motifs is 3. The Morgan fingerprint density at radius 3 is 2.03 bits per heavy atom. The highest BCUT2D eigenvalue weighted by molar-refractivity contribution is 5.80. The molecule has 10 nitrogen and oxygen atoms in total. The highest BCUT2D eigenvalue weighted by Gasteiger charge is 2.38. The van der Waals surface area contributed by atoms with E-state index >= 15 is 0 Å². The van der Waals surface area contributed by atoms with Gasteiger partial charge in [-0.1, -0.05) is 61.2 Å². The maximum atomic E-state index is 12.9. The minimum atomic E-state index is -0.673. The van der Waals surface area contributed by atoms with Gasteiger partial charge in [0.1, 0.15) is 13.2 Å². The number of rotatable bonds is 10. The van der Waals surface area contributed by atoms with Gasteiger partial charge in [-0.25, -0.2) is 9.59 Å². The van der Waals surface area contributed by atoms with Crippen molar-refractivity contribution >= 4 is 24.0 Å². The highest BCUT2D eigenvalue weighted by atomic mass is 16.6. The van der Waals surface area contributed by atoms with Crippen LogP contribution in [0.25, 0.3) is 11.1 Å². The molecule has 0 radical (unpaired) electrons. The molecule has 39 heavy (non-hydrogen) atoms. The van der Waals surface area contributed by atoms with E-state index < -0.39 is 24.3 Å². The van der Waals surface area contributed by atoms with E-state index in [0.717, 1.165) is 22.3 Å². The molecule has 1 aliphatic carbocycles. The molecule has 2 aromatic carbocycles. The van der Waals surface area contributed by atoms with Crippen LogP contribution >= 0.6 is 0 Å². The van der Waals surface area contributed by atoms with Gasteiger partial charge in [0.15, 0.2) is 0 Å². The van der Waals surface area contributed by atoms with Crippen molar-refractivity contribution in [3.05, 3.63) is 72.3 Å². The summed E-state index contributed by atoms with van der Waals surface area (Å²) in [5.74, 6) is -0.390. The molecule has 1 aliphatic heterocycles. The van der Waals surface area contributed by atoms with Gasteiger partial charge < -0.3 is 30.3 Å². The molecule has 4 rings (SSSR count). The van der Waals surface area contributed by atoms with E-state index in [1.807, 2.05) is 36.4 Å². The van der Waals surface area contributed by atoms with Crippen LogP contribution in [0.3, 0.4) is 0 Å². The van der Waals surface area contributed by atoms with Gasteiger partial charge >= 0.3 is 12.2 Å². The molecule has 3 N–H and O–H groups in total. The summed E-state index contributed by atoms with van der Waals surface area (Å²) >= 11 is 0. The van der Waals surface area contributed by atoms with Gasteiger partial charge in [0.25, 0.3) is 0 Å². The predicted molar refractivity (Wildman–Crippen MR) is 145 cm³/mol. The lowest BCUT2D eigenvalue weighted by Crippen LogP contribution is -2.51. The number of benzene rings is 2. The number of carbonyl (C=O) groups is 4. The quantitative estimate of drug-likeness (QED) is 0.403. The number of hydrogen-bond acceptors (Lipinski definition) is 6. The molecule has 2 atom stereocenters. The SMILES string of the molecule is C=CCOC(=O)N[C@H]1CN(C(=O)CCCC(=O)NC)C[C@@H]1NC(=O)OCC1c2ccccc2-c2ccccc21. The highest BCUT2D eigenvalue weighted by Crippen LogP contribution is 2.44. The molecular formula is C29H34N4O6. The van der Waals surface area contributed by atoms with Gasteiger partial charge in [-0.05, 0) is 28.7 Å². The van der Waals surface area contributed by atoms with Crippen LogP contribution in [0.4, 0.5) is 9.59 Å². The molecule has 0 unspecified atom stereocenters. The zero-order chi connectivity index (χ0) is 27.8. The van der Waals surface area contributed by atoms with Crippen LogP contribution in [0.1, 0.15) is 36.3 Å². The minimum Gasteiger partial charge on any atom is -0.449 e. The van der Waals surface area contributed by atoms with Crippen molar-refractivity contribution in [1.29, 1.82) is 0 Å². The Morgan fingerprint density at radius 2 is 1.46 bits per heavy atom. The average molecular weight is 535 g/mol. The van der Waals surface area contributed by atoms with Gasteiger partial charge in [0.2, 0.25) is 11.8 Å². The van der Waals surface area contributed by atoms with Gasteiger partial charge in [-0.3, -0.25) is 9.59 Å². The van der Waals surface area contributed by atoms with Crippen LogP contribution in [0, 0.1) is 0 Å². The lowest BCUT2D eigenvalue weighted by molar-refractivity contribution is -0.130. The fourth-order valence-corrected chi connectivity index (χ4v) is 5.10. The summed E-state index contributed by atoms with van der Waals surface area (Å²) in [6.45, 7) is 4.08. The second-order valence-corrected chi connectivity index (χ2v) is 9.54. The maximum absolute atomic E-state index is 12.9. The Balaban J connectivity index is 1.37. The van der Waals surface area contributed by atoms with Crippen LogP contribution in [-0.4, -0.2) is 74.3 Å². The number of hydrogen-bond donors (Lipinski definition) is 3.